The highest BCUT2D eigenvalue weighted by molar-refractivity contribution is 5.67. The molecule has 0 bridgehead atoms. The summed E-state index contributed by atoms with van der Waals surface area (Å²) < 4.78 is 56.1. The molecule has 0 aliphatic heterocycles. The molecule has 0 spiro atoms. The predicted octanol–water partition coefficient (Wildman–Crippen LogP) is 7.23. The molecule has 0 amide bonds. The molecular formula is C25H22F4O. The Balaban J connectivity index is 1.55. The number of aryl methyl sites for hydroxylation is 1. The molecule has 0 saturated heterocycles. The molecule has 4 rings (SSSR count). The van der Waals surface area contributed by atoms with E-state index in [1.54, 1.807) is 6.07 Å². The fourth-order valence-electron chi connectivity index (χ4n) is 4.18. The van der Waals surface area contributed by atoms with Crippen LogP contribution < -0.4 is 4.74 Å². The lowest BCUT2D eigenvalue weighted by Gasteiger charge is -2.26. The quantitative estimate of drug-likeness (QED) is 0.409. The highest BCUT2D eigenvalue weighted by atomic mass is 19.4. The third kappa shape index (κ3) is 4.35. The van der Waals surface area contributed by atoms with Crippen LogP contribution in [-0.4, -0.2) is 6.36 Å². The van der Waals surface area contributed by atoms with E-state index in [-0.39, 0.29) is 11.6 Å². The number of ether oxygens (including phenoxy) is 1. The number of fused-ring (bicyclic) bond motifs is 1. The van der Waals surface area contributed by atoms with Crippen LogP contribution in [0.3, 0.4) is 0 Å². The minimum Gasteiger partial charge on any atom is -0.406 e. The summed E-state index contributed by atoms with van der Waals surface area (Å²) in [7, 11) is 0. The zero-order valence-electron chi connectivity index (χ0n) is 16.6. The van der Waals surface area contributed by atoms with Crippen molar-refractivity contribution in [2.45, 2.75) is 44.9 Å². The van der Waals surface area contributed by atoms with Crippen LogP contribution in [0.25, 0.3) is 11.1 Å². The maximum Gasteiger partial charge on any atom is 0.573 e. The van der Waals surface area contributed by atoms with Crippen LogP contribution in [-0.2, 0) is 19.3 Å². The molecule has 0 radical (unpaired) electrons. The summed E-state index contributed by atoms with van der Waals surface area (Å²) in [4.78, 5) is 0. The van der Waals surface area contributed by atoms with Crippen molar-refractivity contribution in [2.75, 3.05) is 0 Å². The van der Waals surface area contributed by atoms with Gasteiger partial charge >= 0.3 is 6.36 Å². The van der Waals surface area contributed by atoms with Crippen LogP contribution in [0.4, 0.5) is 17.6 Å². The Morgan fingerprint density at radius 1 is 0.933 bits per heavy atom. The summed E-state index contributed by atoms with van der Waals surface area (Å²) in [5.41, 5.74) is 5.23. The lowest BCUT2D eigenvalue weighted by Crippen LogP contribution is -2.17. The van der Waals surface area contributed by atoms with Crippen molar-refractivity contribution in [3.8, 4) is 16.9 Å². The van der Waals surface area contributed by atoms with Crippen LogP contribution in [0.15, 0.2) is 60.7 Å². The lowest BCUT2D eigenvalue weighted by molar-refractivity contribution is -0.274. The van der Waals surface area contributed by atoms with Gasteiger partial charge in [-0.25, -0.2) is 4.39 Å². The van der Waals surface area contributed by atoms with Crippen LogP contribution in [0, 0.1) is 5.82 Å². The maximum atomic E-state index is 15.2. The highest BCUT2D eigenvalue weighted by Gasteiger charge is 2.31. The van der Waals surface area contributed by atoms with Crippen molar-refractivity contribution in [2.24, 2.45) is 0 Å². The number of hydrogen-bond donors (Lipinski definition) is 0. The van der Waals surface area contributed by atoms with Gasteiger partial charge < -0.3 is 4.74 Å². The Hall–Kier alpha value is -2.82. The first-order valence-corrected chi connectivity index (χ1v) is 10.1. The number of halogens is 4. The molecule has 0 N–H and O–H groups in total. The minimum absolute atomic E-state index is 0.281. The summed E-state index contributed by atoms with van der Waals surface area (Å²) in [6.07, 6.45) is -1.44. The van der Waals surface area contributed by atoms with Crippen LogP contribution in [0.1, 0.15) is 41.5 Å². The molecule has 1 aliphatic rings. The first-order valence-electron chi connectivity index (χ1n) is 10.1. The molecule has 1 nitrogen and oxygen atoms in total. The summed E-state index contributed by atoms with van der Waals surface area (Å²) in [5, 5.41) is 0. The number of benzene rings is 3. The topological polar surface area (TPSA) is 9.23 Å². The van der Waals surface area contributed by atoms with E-state index in [9.17, 15) is 13.2 Å². The van der Waals surface area contributed by atoms with Gasteiger partial charge in [0.05, 0.1) is 0 Å². The first kappa shape index (κ1) is 20.5. The summed E-state index contributed by atoms with van der Waals surface area (Å²) in [6.45, 7) is 2.13. The normalized spacial score (nSPS) is 16.2. The Labute approximate surface area is 173 Å². The molecule has 1 unspecified atom stereocenters. The van der Waals surface area contributed by atoms with E-state index < -0.39 is 6.36 Å². The van der Waals surface area contributed by atoms with Crippen molar-refractivity contribution in [1.29, 1.82) is 0 Å². The molecule has 0 heterocycles. The van der Waals surface area contributed by atoms with E-state index in [1.807, 2.05) is 6.07 Å². The van der Waals surface area contributed by atoms with E-state index in [1.165, 1.54) is 35.4 Å². The standard InChI is InChI=1S/C25H22F4O/c1-2-16-3-5-17(6-4-16)19-9-13-23-20(15-19)10-14-22(24(23)26)18-7-11-21(12-8-18)30-25(27,28)29/h3-8,10-12,14,19H,2,9,13,15H2,1H3. The van der Waals surface area contributed by atoms with E-state index >= 15 is 4.39 Å². The molecule has 30 heavy (non-hydrogen) atoms. The average Bonchev–Trinajstić information content (AvgIpc) is 2.73. The van der Waals surface area contributed by atoms with Crippen molar-refractivity contribution < 1.29 is 22.3 Å². The Morgan fingerprint density at radius 2 is 1.63 bits per heavy atom. The zero-order chi connectivity index (χ0) is 21.3. The van der Waals surface area contributed by atoms with Crippen LogP contribution in [0.5, 0.6) is 5.75 Å². The fraction of sp³-hybridized carbons (Fsp3) is 0.280. The van der Waals surface area contributed by atoms with Gasteiger partial charge in [-0.3, -0.25) is 0 Å². The van der Waals surface area contributed by atoms with Crippen LogP contribution in [0.2, 0.25) is 0 Å². The van der Waals surface area contributed by atoms with Gasteiger partial charge in [0, 0.05) is 5.56 Å². The minimum atomic E-state index is -4.74. The molecule has 1 aliphatic carbocycles. The van der Waals surface area contributed by atoms with Gasteiger partial charge in [0.1, 0.15) is 11.6 Å². The fourth-order valence-corrected chi connectivity index (χ4v) is 4.18. The molecule has 0 aromatic heterocycles. The second kappa shape index (κ2) is 8.13. The van der Waals surface area contributed by atoms with Crippen molar-refractivity contribution in [3.05, 3.63) is 88.7 Å². The molecule has 1 atom stereocenters. The van der Waals surface area contributed by atoms with Crippen LogP contribution >= 0.6 is 0 Å². The molecule has 3 aromatic rings. The van der Waals surface area contributed by atoms with E-state index in [0.29, 0.717) is 29.0 Å². The molecule has 5 heteroatoms. The second-order valence-electron chi connectivity index (χ2n) is 7.67. The third-order valence-corrected chi connectivity index (χ3v) is 5.81. The van der Waals surface area contributed by atoms with Crippen molar-refractivity contribution >= 4 is 0 Å². The third-order valence-electron chi connectivity index (χ3n) is 5.81. The Morgan fingerprint density at radius 3 is 2.27 bits per heavy atom. The second-order valence-corrected chi connectivity index (χ2v) is 7.67. The number of hydrogen-bond acceptors (Lipinski definition) is 1. The number of alkyl halides is 3. The number of rotatable bonds is 4. The monoisotopic (exact) mass is 414 g/mol. The first-order chi connectivity index (χ1) is 14.3. The van der Waals surface area contributed by atoms with Gasteiger partial charge in [0.15, 0.2) is 0 Å². The van der Waals surface area contributed by atoms with E-state index in [2.05, 4.69) is 35.9 Å². The Kier molecular flexibility index (Phi) is 5.54. The van der Waals surface area contributed by atoms with E-state index in [0.717, 1.165) is 24.8 Å². The largest absolute Gasteiger partial charge is 0.573 e. The lowest BCUT2D eigenvalue weighted by atomic mass is 9.79. The molecule has 0 saturated carbocycles. The summed E-state index contributed by atoms with van der Waals surface area (Å²) >= 11 is 0. The highest BCUT2D eigenvalue weighted by Crippen LogP contribution is 2.37. The van der Waals surface area contributed by atoms with Crippen molar-refractivity contribution in [3.63, 3.8) is 0 Å². The molecule has 0 fully saturated rings. The molecule has 156 valence electrons. The van der Waals surface area contributed by atoms with Gasteiger partial charge in [-0.05, 0) is 71.6 Å². The predicted molar refractivity (Wildman–Crippen MR) is 109 cm³/mol. The summed E-state index contributed by atoms with van der Waals surface area (Å²) in [5.74, 6) is -0.231. The maximum absolute atomic E-state index is 15.2. The Bertz CT molecular complexity index is 1020. The van der Waals surface area contributed by atoms with E-state index in [4.69, 9.17) is 0 Å². The SMILES string of the molecule is CCc1ccc(C2CCc3c(ccc(-c4ccc(OC(F)(F)F)cc4)c3F)C2)cc1. The van der Waals surface area contributed by atoms with Gasteiger partial charge in [-0.1, -0.05) is 55.5 Å². The smallest absolute Gasteiger partial charge is 0.406 e. The van der Waals surface area contributed by atoms with Crippen molar-refractivity contribution in [1.82, 2.24) is 0 Å². The molecule has 3 aromatic carbocycles. The van der Waals surface area contributed by atoms with Gasteiger partial charge in [0.25, 0.3) is 0 Å². The average molecular weight is 414 g/mol. The van der Waals surface area contributed by atoms with Gasteiger partial charge in [0.2, 0.25) is 0 Å². The van der Waals surface area contributed by atoms with Gasteiger partial charge in [-0.2, -0.15) is 0 Å². The van der Waals surface area contributed by atoms with Gasteiger partial charge in [-0.15, -0.1) is 13.2 Å². The molecular weight excluding hydrogens is 392 g/mol. The summed E-state index contributed by atoms with van der Waals surface area (Å²) in [6, 6.07) is 17.6. The zero-order valence-corrected chi connectivity index (χ0v) is 16.6.